The highest BCUT2D eigenvalue weighted by atomic mass is 32.1. The van der Waals surface area contributed by atoms with Gasteiger partial charge >= 0.3 is 0 Å². The first-order valence-electron chi connectivity index (χ1n) is 10.5. The number of amides is 1. The molecule has 2 aromatic carbocycles. The SMILES string of the molecule is COc1ccc(OC)c2sc(N(CCCn3ccnc3)C(=O)c3cccc([N+](=O)[O-])c3C)nc12. The standard InChI is InChI=1S/C23H23N5O5S/c1-15-16(6-4-7-17(15)28(30)31)22(29)27(12-5-11-26-13-10-24-14-26)23-25-20-18(32-2)8-9-19(33-3)21(20)34-23/h4,6-10,13-14H,5,11-12H2,1-3H3. The van der Waals surface area contributed by atoms with Crippen molar-refractivity contribution in [1.29, 1.82) is 0 Å². The molecule has 0 aliphatic rings. The largest absolute Gasteiger partial charge is 0.495 e. The summed E-state index contributed by atoms with van der Waals surface area (Å²) in [4.78, 5) is 35.0. The van der Waals surface area contributed by atoms with E-state index in [2.05, 4.69) is 4.98 Å². The van der Waals surface area contributed by atoms with Gasteiger partial charge in [-0.05, 0) is 31.5 Å². The van der Waals surface area contributed by atoms with Crippen molar-refractivity contribution in [2.24, 2.45) is 0 Å². The third-order valence-electron chi connectivity index (χ3n) is 5.46. The van der Waals surface area contributed by atoms with Crippen molar-refractivity contribution in [3.05, 3.63) is 70.3 Å². The molecule has 0 saturated carbocycles. The van der Waals surface area contributed by atoms with Crippen molar-refractivity contribution in [1.82, 2.24) is 14.5 Å². The molecule has 0 fully saturated rings. The Morgan fingerprint density at radius 1 is 1.21 bits per heavy atom. The van der Waals surface area contributed by atoms with Crippen LogP contribution >= 0.6 is 11.3 Å². The highest BCUT2D eigenvalue weighted by molar-refractivity contribution is 7.22. The van der Waals surface area contributed by atoms with Crippen LogP contribution in [-0.2, 0) is 6.54 Å². The van der Waals surface area contributed by atoms with Crippen molar-refractivity contribution in [2.45, 2.75) is 19.9 Å². The number of thiazole rings is 1. The van der Waals surface area contributed by atoms with E-state index >= 15 is 0 Å². The first kappa shape index (κ1) is 23.2. The molecule has 0 radical (unpaired) electrons. The quantitative estimate of drug-likeness (QED) is 0.256. The monoisotopic (exact) mass is 481 g/mol. The van der Waals surface area contributed by atoms with E-state index in [-0.39, 0.29) is 17.2 Å². The number of nitro benzene ring substituents is 1. The summed E-state index contributed by atoms with van der Waals surface area (Å²) < 4.78 is 13.6. The lowest BCUT2D eigenvalue weighted by Gasteiger charge is -2.21. The van der Waals surface area contributed by atoms with Crippen molar-refractivity contribution >= 4 is 38.3 Å². The second-order valence-corrected chi connectivity index (χ2v) is 8.44. The maximum Gasteiger partial charge on any atom is 0.273 e. The third-order valence-corrected chi connectivity index (χ3v) is 6.56. The minimum Gasteiger partial charge on any atom is -0.495 e. The Kier molecular flexibility index (Phi) is 6.73. The second-order valence-electron chi connectivity index (χ2n) is 7.46. The van der Waals surface area contributed by atoms with Gasteiger partial charge < -0.3 is 14.0 Å². The Bertz CT molecular complexity index is 1290. The van der Waals surface area contributed by atoms with Crippen LogP contribution in [0.15, 0.2) is 49.1 Å². The van der Waals surface area contributed by atoms with E-state index in [0.29, 0.717) is 47.2 Å². The van der Waals surface area contributed by atoms with E-state index in [1.54, 1.807) is 56.8 Å². The fourth-order valence-corrected chi connectivity index (χ4v) is 4.80. The summed E-state index contributed by atoms with van der Waals surface area (Å²) in [6.07, 6.45) is 5.89. The summed E-state index contributed by atoms with van der Waals surface area (Å²) in [5.74, 6) is 0.830. The van der Waals surface area contributed by atoms with E-state index in [9.17, 15) is 14.9 Å². The first-order valence-corrected chi connectivity index (χ1v) is 11.3. The van der Waals surface area contributed by atoms with Crippen LogP contribution in [-0.4, -0.2) is 46.1 Å². The molecule has 0 spiro atoms. The molecule has 0 atom stereocenters. The molecular weight excluding hydrogens is 458 g/mol. The lowest BCUT2D eigenvalue weighted by atomic mass is 10.1. The summed E-state index contributed by atoms with van der Waals surface area (Å²) in [6.45, 7) is 2.58. The number of rotatable bonds is 9. The van der Waals surface area contributed by atoms with Crippen LogP contribution in [0, 0.1) is 17.0 Å². The smallest absolute Gasteiger partial charge is 0.273 e. The fourth-order valence-electron chi connectivity index (χ4n) is 3.70. The minimum absolute atomic E-state index is 0.100. The lowest BCUT2D eigenvalue weighted by molar-refractivity contribution is -0.385. The van der Waals surface area contributed by atoms with E-state index in [0.717, 1.165) is 4.70 Å². The number of carbonyl (C=O) groups excluding carboxylic acids is 1. The zero-order valence-corrected chi connectivity index (χ0v) is 19.7. The molecule has 2 heterocycles. The van der Waals surface area contributed by atoms with Crippen LogP contribution in [0.1, 0.15) is 22.3 Å². The molecule has 0 aliphatic heterocycles. The summed E-state index contributed by atoms with van der Waals surface area (Å²) in [6, 6.07) is 8.07. The van der Waals surface area contributed by atoms with Crippen molar-refractivity contribution < 1.29 is 19.2 Å². The van der Waals surface area contributed by atoms with Crippen LogP contribution in [0.2, 0.25) is 0 Å². The lowest BCUT2D eigenvalue weighted by Crippen LogP contribution is -2.33. The van der Waals surface area contributed by atoms with Gasteiger partial charge in [0.15, 0.2) is 5.13 Å². The molecule has 0 aliphatic carbocycles. The van der Waals surface area contributed by atoms with Crippen LogP contribution in [0.25, 0.3) is 10.2 Å². The van der Waals surface area contributed by atoms with Gasteiger partial charge in [-0.25, -0.2) is 9.97 Å². The van der Waals surface area contributed by atoms with Crippen LogP contribution in [0.5, 0.6) is 11.5 Å². The van der Waals surface area contributed by atoms with Gasteiger partial charge in [0.1, 0.15) is 21.7 Å². The molecule has 4 aromatic rings. The number of aromatic nitrogens is 3. The molecule has 0 unspecified atom stereocenters. The molecular formula is C23H23N5O5S. The fraction of sp³-hybridized carbons (Fsp3) is 0.261. The molecule has 0 saturated heterocycles. The van der Waals surface area contributed by atoms with E-state index < -0.39 is 4.92 Å². The number of hydrogen-bond acceptors (Lipinski definition) is 8. The number of hydrogen-bond donors (Lipinski definition) is 0. The van der Waals surface area contributed by atoms with Crippen molar-refractivity contribution in [2.75, 3.05) is 25.7 Å². The molecule has 0 N–H and O–H groups in total. The number of imidazole rings is 1. The Morgan fingerprint density at radius 3 is 2.65 bits per heavy atom. The predicted octanol–water partition coefficient (Wildman–Crippen LogP) is 4.46. The maximum absolute atomic E-state index is 13.7. The van der Waals surface area contributed by atoms with Gasteiger partial charge in [0, 0.05) is 42.7 Å². The molecule has 2 aromatic heterocycles. The molecule has 4 rings (SSSR count). The predicted molar refractivity (Wildman–Crippen MR) is 129 cm³/mol. The van der Waals surface area contributed by atoms with Gasteiger partial charge in [0.2, 0.25) is 0 Å². The number of anilines is 1. The number of fused-ring (bicyclic) bond motifs is 1. The molecule has 10 nitrogen and oxygen atoms in total. The van der Waals surface area contributed by atoms with Crippen LogP contribution in [0.3, 0.4) is 0 Å². The topological polar surface area (TPSA) is 113 Å². The number of benzene rings is 2. The number of carbonyl (C=O) groups is 1. The average Bonchev–Trinajstić information content (AvgIpc) is 3.51. The Morgan fingerprint density at radius 2 is 1.97 bits per heavy atom. The second kappa shape index (κ2) is 9.87. The molecule has 0 bridgehead atoms. The maximum atomic E-state index is 13.7. The van der Waals surface area contributed by atoms with Gasteiger partial charge in [0.05, 0.1) is 25.5 Å². The molecule has 11 heteroatoms. The van der Waals surface area contributed by atoms with E-state index in [1.807, 2.05) is 10.8 Å². The number of nitro groups is 1. The zero-order valence-electron chi connectivity index (χ0n) is 18.9. The number of ether oxygens (including phenoxy) is 2. The Hall–Kier alpha value is -3.99. The summed E-state index contributed by atoms with van der Waals surface area (Å²) in [7, 11) is 3.13. The van der Waals surface area contributed by atoms with E-state index in [4.69, 9.17) is 14.5 Å². The Labute approximate surface area is 199 Å². The normalized spacial score (nSPS) is 10.9. The average molecular weight is 482 g/mol. The van der Waals surface area contributed by atoms with E-state index in [1.165, 1.54) is 23.5 Å². The minimum atomic E-state index is -0.483. The molecule has 1 amide bonds. The van der Waals surface area contributed by atoms with Gasteiger partial charge in [-0.1, -0.05) is 17.4 Å². The van der Waals surface area contributed by atoms with Crippen molar-refractivity contribution in [3.63, 3.8) is 0 Å². The number of methoxy groups -OCH3 is 2. The molecule has 34 heavy (non-hydrogen) atoms. The zero-order chi connectivity index (χ0) is 24.2. The highest BCUT2D eigenvalue weighted by Gasteiger charge is 2.26. The molecule has 176 valence electrons. The van der Waals surface area contributed by atoms with Crippen LogP contribution in [0.4, 0.5) is 10.8 Å². The van der Waals surface area contributed by atoms with Gasteiger partial charge in [-0.2, -0.15) is 0 Å². The first-order chi connectivity index (χ1) is 16.4. The number of nitrogens with zero attached hydrogens (tertiary/aromatic N) is 5. The summed E-state index contributed by atoms with van der Waals surface area (Å²) in [5.41, 5.74) is 1.06. The Balaban J connectivity index is 1.76. The summed E-state index contributed by atoms with van der Waals surface area (Å²) >= 11 is 1.31. The summed E-state index contributed by atoms with van der Waals surface area (Å²) in [5, 5.41) is 11.9. The van der Waals surface area contributed by atoms with Crippen molar-refractivity contribution in [3.8, 4) is 11.5 Å². The third kappa shape index (κ3) is 4.42. The van der Waals surface area contributed by atoms with Gasteiger partial charge in [-0.3, -0.25) is 19.8 Å². The van der Waals surface area contributed by atoms with Gasteiger partial charge in [0.25, 0.3) is 11.6 Å². The number of aryl methyl sites for hydroxylation is 1. The van der Waals surface area contributed by atoms with Crippen LogP contribution < -0.4 is 14.4 Å². The van der Waals surface area contributed by atoms with Gasteiger partial charge in [-0.15, -0.1) is 0 Å². The highest BCUT2D eigenvalue weighted by Crippen LogP contribution is 2.40.